The lowest BCUT2D eigenvalue weighted by atomic mass is 10.0. The molecule has 0 spiro atoms. The van der Waals surface area contributed by atoms with E-state index in [0.29, 0.717) is 32.4 Å². The monoisotopic (exact) mass is 532 g/mol. The summed E-state index contributed by atoms with van der Waals surface area (Å²) in [4.78, 5) is 42.1. The summed E-state index contributed by atoms with van der Waals surface area (Å²) >= 11 is 1.69. The van der Waals surface area contributed by atoms with Crippen LogP contribution in [-0.4, -0.2) is 54.7 Å². The standard InChI is InChI=1S/C30H36N4O3S/c1-3-17-34(31-2)30(37)25(21-22-14-15-23-9-4-5-10-24(23)20-22)32-28(35)13-8-18-33-26-11-6-7-12-27(26)38-19-16-29(33)36/h4-7,9-12,14-15,20,25,31H,3,8,13,16-19,21H2,1-2H3,(H,32,35). The number of nitrogens with zero attached hydrogens (tertiary/aromatic N) is 2. The molecule has 0 aromatic heterocycles. The molecule has 0 radical (unpaired) electrons. The van der Waals surface area contributed by atoms with Gasteiger partial charge in [-0.15, -0.1) is 11.8 Å². The molecule has 0 aliphatic carbocycles. The van der Waals surface area contributed by atoms with Gasteiger partial charge in [-0.2, -0.15) is 0 Å². The summed E-state index contributed by atoms with van der Waals surface area (Å²) in [6.07, 6.45) is 2.41. The molecule has 38 heavy (non-hydrogen) atoms. The minimum atomic E-state index is -0.695. The Hall–Kier alpha value is -3.36. The summed E-state index contributed by atoms with van der Waals surface area (Å²) in [5.74, 6) is 0.480. The van der Waals surface area contributed by atoms with Crippen LogP contribution in [0.3, 0.4) is 0 Å². The zero-order chi connectivity index (χ0) is 26.9. The number of carbonyl (C=O) groups is 3. The third-order valence-electron chi connectivity index (χ3n) is 6.69. The maximum atomic E-state index is 13.4. The average molecular weight is 533 g/mol. The summed E-state index contributed by atoms with van der Waals surface area (Å²) in [6.45, 7) is 3.02. The van der Waals surface area contributed by atoms with Gasteiger partial charge < -0.3 is 10.2 Å². The lowest BCUT2D eigenvalue weighted by molar-refractivity contribution is -0.138. The van der Waals surface area contributed by atoms with E-state index >= 15 is 0 Å². The summed E-state index contributed by atoms with van der Waals surface area (Å²) in [7, 11) is 1.72. The first-order valence-electron chi connectivity index (χ1n) is 13.3. The topological polar surface area (TPSA) is 81.8 Å². The Kier molecular flexibility index (Phi) is 9.79. The Labute approximate surface area is 228 Å². The number of carbonyl (C=O) groups excluding carboxylic acids is 3. The molecule has 3 aromatic rings. The number of rotatable bonds is 11. The van der Waals surface area contributed by atoms with Crippen LogP contribution in [0.5, 0.6) is 0 Å². The molecule has 200 valence electrons. The quantitative estimate of drug-likeness (QED) is 0.354. The van der Waals surface area contributed by atoms with Gasteiger partial charge in [0.1, 0.15) is 6.04 Å². The minimum absolute atomic E-state index is 0.0800. The predicted octanol–water partition coefficient (Wildman–Crippen LogP) is 4.55. The van der Waals surface area contributed by atoms with Gasteiger partial charge in [-0.1, -0.05) is 61.5 Å². The van der Waals surface area contributed by atoms with Crippen LogP contribution in [0.25, 0.3) is 10.8 Å². The SMILES string of the molecule is CCCN(NC)C(=O)C(Cc1ccc2ccccc2c1)NC(=O)CCCN1C(=O)CCSc2ccccc21. The second kappa shape index (κ2) is 13.4. The number of hydrogen-bond donors (Lipinski definition) is 2. The van der Waals surface area contributed by atoms with Crippen molar-refractivity contribution in [3.8, 4) is 0 Å². The van der Waals surface area contributed by atoms with Gasteiger partial charge in [0.2, 0.25) is 11.8 Å². The maximum absolute atomic E-state index is 13.4. The van der Waals surface area contributed by atoms with Crippen LogP contribution in [0.4, 0.5) is 5.69 Å². The van der Waals surface area contributed by atoms with Crippen LogP contribution in [0.2, 0.25) is 0 Å². The third kappa shape index (κ3) is 6.94. The lowest BCUT2D eigenvalue weighted by Crippen LogP contribution is -2.53. The zero-order valence-electron chi connectivity index (χ0n) is 22.1. The van der Waals surface area contributed by atoms with Crippen LogP contribution in [0.15, 0.2) is 71.6 Å². The molecule has 1 unspecified atom stereocenters. The van der Waals surface area contributed by atoms with Crippen molar-refractivity contribution in [2.75, 3.05) is 30.8 Å². The number of hydrogen-bond acceptors (Lipinski definition) is 5. The Bertz CT molecular complexity index is 1280. The molecule has 1 atom stereocenters. The van der Waals surface area contributed by atoms with Gasteiger partial charge >= 0.3 is 0 Å². The van der Waals surface area contributed by atoms with Crippen LogP contribution >= 0.6 is 11.8 Å². The molecule has 0 bridgehead atoms. The maximum Gasteiger partial charge on any atom is 0.259 e. The van der Waals surface area contributed by atoms with Gasteiger partial charge in [-0.3, -0.25) is 19.4 Å². The molecule has 4 rings (SSSR count). The highest BCUT2D eigenvalue weighted by atomic mass is 32.2. The molecule has 1 aliphatic heterocycles. The van der Waals surface area contributed by atoms with Crippen LogP contribution in [-0.2, 0) is 20.8 Å². The van der Waals surface area contributed by atoms with Crippen LogP contribution < -0.4 is 15.6 Å². The number of fused-ring (bicyclic) bond motifs is 2. The second-order valence-corrected chi connectivity index (χ2v) is 10.6. The minimum Gasteiger partial charge on any atom is -0.344 e. The molecule has 3 amide bonds. The number of benzene rings is 3. The number of thioether (sulfide) groups is 1. The van der Waals surface area contributed by atoms with E-state index in [-0.39, 0.29) is 24.1 Å². The first-order chi connectivity index (χ1) is 18.5. The van der Waals surface area contributed by atoms with E-state index in [4.69, 9.17) is 0 Å². The van der Waals surface area contributed by atoms with Crippen molar-refractivity contribution in [2.45, 2.75) is 50.0 Å². The number of nitrogens with one attached hydrogen (secondary N) is 2. The Morgan fingerprint density at radius 1 is 1.05 bits per heavy atom. The van der Waals surface area contributed by atoms with E-state index in [9.17, 15) is 14.4 Å². The largest absolute Gasteiger partial charge is 0.344 e. The third-order valence-corrected chi connectivity index (χ3v) is 7.75. The van der Waals surface area contributed by atoms with Crippen molar-refractivity contribution in [2.24, 2.45) is 0 Å². The van der Waals surface area contributed by atoms with Crippen molar-refractivity contribution in [1.29, 1.82) is 0 Å². The normalized spacial score (nSPS) is 14.1. The van der Waals surface area contributed by atoms with Crippen LogP contribution in [0, 0.1) is 0 Å². The number of anilines is 1. The fourth-order valence-electron chi connectivity index (χ4n) is 4.77. The molecule has 1 heterocycles. The van der Waals surface area contributed by atoms with E-state index in [1.807, 2.05) is 61.5 Å². The molecule has 3 aromatic carbocycles. The highest BCUT2D eigenvalue weighted by Crippen LogP contribution is 2.34. The first kappa shape index (κ1) is 27.7. The van der Waals surface area contributed by atoms with Crippen molar-refractivity contribution < 1.29 is 14.4 Å². The predicted molar refractivity (Wildman–Crippen MR) is 154 cm³/mol. The first-order valence-corrected chi connectivity index (χ1v) is 14.3. The summed E-state index contributed by atoms with van der Waals surface area (Å²) in [5, 5.41) is 6.79. The van der Waals surface area contributed by atoms with Gasteiger partial charge in [-0.25, -0.2) is 5.43 Å². The Morgan fingerprint density at radius 3 is 2.61 bits per heavy atom. The van der Waals surface area contributed by atoms with Gasteiger partial charge in [0, 0.05) is 50.0 Å². The summed E-state index contributed by atoms with van der Waals surface area (Å²) in [6, 6.07) is 21.4. The van der Waals surface area contributed by atoms with Gasteiger partial charge in [0.15, 0.2) is 0 Å². The zero-order valence-corrected chi connectivity index (χ0v) is 22.9. The average Bonchev–Trinajstić information content (AvgIpc) is 3.09. The molecule has 2 N–H and O–H groups in total. The lowest BCUT2D eigenvalue weighted by Gasteiger charge is -2.27. The molecule has 7 nitrogen and oxygen atoms in total. The summed E-state index contributed by atoms with van der Waals surface area (Å²) < 4.78 is 0. The van der Waals surface area contributed by atoms with E-state index in [0.717, 1.165) is 39.1 Å². The molecule has 0 fully saturated rings. The second-order valence-electron chi connectivity index (χ2n) is 9.43. The fourth-order valence-corrected chi connectivity index (χ4v) is 5.77. The number of hydrazine groups is 1. The van der Waals surface area contributed by atoms with Gasteiger partial charge in [0.05, 0.1) is 5.69 Å². The molecule has 8 heteroatoms. The molecular weight excluding hydrogens is 496 g/mol. The highest BCUT2D eigenvalue weighted by molar-refractivity contribution is 7.99. The highest BCUT2D eigenvalue weighted by Gasteiger charge is 2.26. The van der Waals surface area contributed by atoms with Crippen molar-refractivity contribution in [3.63, 3.8) is 0 Å². The fraction of sp³-hybridized carbons (Fsp3) is 0.367. The van der Waals surface area contributed by atoms with E-state index < -0.39 is 6.04 Å². The van der Waals surface area contributed by atoms with Crippen molar-refractivity contribution >= 4 is 45.9 Å². The van der Waals surface area contributed by atoms with Gasteiger partial charge in [-0.05, 0) is 41.3 Å². The van der Waals surface area contributed by atoms with Crippen LogP contribution in [0.1, 0.15) is 38.2 Å². The smallest absolute Gasteiger partial charge is 0.259 e. The van der Waals surface area contributed by atoms with Crippen molar-refractivity contribution in [1.82, 2.24) is 15.8 Å². The number of amides is 3. The van der Waals surface area contributed by atoms with Gasteiger partial charge in [0.25, 0.3) is 5.91 Å². The van der Waals surface area contributed by atoms with E-state index in [1.165, 1.54) is 0 Å². The van der Waals surface area contributed by atoms with E-state index in [2.05, 4.69) is 22.9 Å². The Balaban J connectivity index is 1.43. The molecular formula is C30H36N4O3S. The van der Waals surface area contributed by atoms with E-state index in [1.54, 1.807) is 28.7 Å². The molecule has 1 aliphatic rings. The molecule has 0 saturated heterocycles. The number of para-hydroxylation sites is 1. The molecule has 0 saturated carbocycles. The summed E-state index contributed by atoms with van der Waals surface area (Å²) in [5.41, 5.74) is 4.86. The van der Waals surface area contributed by atoms with Crippen molar-refractivity contribution in [3.05, 3.63) is 72.3 Å². The Morgan fingerprint density at radius 2 is 1.82 bits per heavy atom.